The summed E-state index contributed by atoms with van der Waals surface area (Å²) >= 11 is 0. The van der Waals surface area contributed by atoms with Crippen LogP contribution in [0.5, 0.6) is 0 Å². The van der Waals surface area contributed by atoms with Crippen molar-refractivity contribution in [2.45, 2.75) is 102 Å². The van der Waals surface area contributed by atoms with Gasteiger partial charge in [0.05, 0.1) is 5.60 Å². The predicted molar refractivity (Wildman–Crippen MR) is 89.5 cm³/mol. The number of hydrogen-bond donors (Lipinski definition) is 1. The van der Waals surface area contributed by atoms with E-state index in [1.165, 1.54) is 77.0 Å². The lowest BCUT2D eigenvalue weighted by atomic mass is 9.41. The Kier molecular flexibility index (Phi) is 2.81. The van der Waals surface area contributed by atoms with Gasteiger partial charge in [-0.15, -0.1) is 0 Å². The number of rotatable bonds is 0. The Morgan fingerprint density at radius 3 is 2.32 bits per heavy atom. The molecular formula is C21H34O. The van der Waals surface area contributed by atoms with Crippen LogP contribution in [0.15, 0.2) is 0 Å². The van der Waals surface area contributed by atoms with Crippen molar-refractivity contribution < 1.29 is 5.11 Å². The normalized spacial score (nSPS) is 55.9. The Balaban J connectivity index is 1.51. The first-order chi connectivity index (χ1) is 10.5. The minimum Gasteiger partial charge on any atom is -0.390 e. The summed E-state index contributed by atoms with van der Waals surface area (Å²) in [6.45, 7) is 2.48. The highest BCUT2D eigenvalue weighted by Crippen LogP contribution is 2.77. The molecule has 0 aromatic carbocycles. The minimum absolute atomic E-state index is 0.290. The molecule has 124 valence electrons. The van der Waals surface area contributed by atoms with Gasteiger partial charge in [0, 0.05) is 0 Å². The van der Waals surface area contributed by atoms with Gasteiger partial charge in [0.15, 0.2) is 0 Å². The third-order valence-electron chi connectivity index (χ3n) is 9.55. The lowest BCUT2D eigenvalue weighted by Gasteiger charge is -2.65. The molecular weight excluding hydrogens is 268 g/mol. The monoisotopic (exact) mass is 302 g/mol. The molecule has 0 amide bonds. The second-order valence-corrected chi connectivity index (χ2v) is 10.4. The highest BCUT2D eigenvalue weighted by molar-refractivity contribution is 5.20. The van der Waals surface area contributed by atoms with E-state index in [2.05, 4.69) is 6.92 Å². The fraction of sp³-hybridized carbons (Fsp3) is 1.00. The van der Waals surface area contributed by atoms with E-state index in [0.717, 1.165) is 18.8 Å². The molecule has 5 rings (SSSR count). The lowest BCUT2D eigenvalue weighted by molar-refractivity contribution is -0.205. The summed E-state index contributed by atoms with van der Waals surface area (Å²) in [4.78, 5) is 0. The van der Waals surface area contributed by atoms with Crippen molar-refractivity contribution in [1.29, 1.82) is 0 Å². The smallest absolute Gasteiger partial charge is 0.0684 e. The Labute approximate surface area is 136 Å². The molecule has 1 N–H and O–H groups in total. The molecule has 5 aliphatic rings. The summed E-state index contributed by atoms with van der Waals surface area (Å²) in [5.74, 6) is 1.53. The van der Waals surface area contributed by atoms with E-state index < -0.39 is 0 Å². The summed E-state index contributed by atoms with van der Waals surface area (Å²) in [7, 11) is 0. The molecule has 1 nitrogen and oxygen atoms in total. The Morgan fingerprint density at radius 1 is 0.773 bits per heavy atom. The molecule has 0 aromatic heterocycles. The van der Waals surface area contributed by atoms with E-state index in [-0.39, 0.29) is 5.60 Å². The van der Waals surface area contributed by atoms with Crippen LogP contribution in [-0.4, -0.2) is 10.7 Å². The molecule has 0 aliphatic heterocycles. The Morgan fingerprint density at radius 2 is 1.50 bits per heavy atom. The fourth-order valence-corrected chi connectivity index (χ4v) is 8.68. The number of aliphatic hydroxyl groups is 1. The van der Waals surface area contributed by atoms with Crippen LogP contribution < -0.4 is 0 Å². The zero-order chi connectivity index (χ0) is 15.1. The summed E-state index contributed by atoms with van der Waals surface area (Å²) in [6.07, 6.45) is 19.6. The number of hydrogen-bond acceptors (Lipinski definition) is 1. The van der Waals surface area contributed by atoms with E-state index in [1.54, 1.807) is 0 Å². The molecule has 0 unspecified atom stereocenters. The van der Waals surface area contributed by atoms with Crippen molar-refractivity contribution in [2.24, 2.45) is 28.1 Å². The van der Waals surface area contributed by atoms with Crippen LogP contribution in [0, 0.1) is 28.1 Å². The Hall–Kier alpha value is -0.0400. The largest absolute Gasteiger partial charge is 0.390 e. The van der Waals surface area contributed by atoms with Crippen LogP contribution in [0.2, 0.25) is 0 Å². The van der Waals surface area contributed by atoms with Crippen molar-refractivity contribution in [1.82, 2.24) is 0 Å². The van der Waals surface area contributed by atoms with Crippen molar-refractivity contribution in [3.05, 3.63) is 0 Å². The van der Waals surface area contributed by atoms with E-state index in [0.29, 0.717) is 22.2 Å². The second-order valence-electron chi connectivity index (χ2n) is 10.4. The summed E-state index contributed by atoms with van der Waals surface area (Å²) in [5.41, 5.74) is 1.54. The first kappa shape index (κ1) is 14.3. The van der Waals surface area contributed by atoms with E-state index >= 15 is 0 Å². The quantitative estimate of drug-likeness (QED) is 0.630. The number of fused-ring (bicyclic) bond motifs is 6. The van der Waals surface area contributed by atoms with Gasteiger partial charge in [-0.2, -0.15) is 0 Å². The highest BCUT2D eigenvalue weighted by atomic mass is 16.3. The third-order valence-corrected chi connectivity index (χ3v) is 9.55. The molecule has 0 radical (unpaired) electrons. The van der Waals surface area contributed by atoms with Crippen LogP contribution in [0.3, 0.4) is 0 Å². The maximum Gasteiger partial charge on any atom is 0.0684 e. The van der Waals surface area contributed by atoms with Gasteiger partial charge in [-0.1, -0.05) is 32.6 Å². The topological polar surface area (TPSA) is 20.2 Å². The average molecular weight is 303 g/mol. The molecule has 0 heterocycles. The van der Waals surface area contributed by atoms with Crippen molar-refractivity contribution >= 4 is 0 Å². The van der Waals surface area contributed by atoms with Gasteiger partial charge in [-0.05, 0) is 92.3 Å². The van der Waals surface area contributed by atoms with E-state index in [4.69, 9.17) is 0 Å². The van der Waals surface area contributed by atoms with Gasteiger partial charge < -0.3 is 5.11 Å². The molecule has 5 atom stereocenters. The Bertz CT molecular complexity index is 473. The standard InChI is InChI=1S/C21H34O/c1-18-7-4-12-21(22,15-18)17-14-20(16(17)6-13-18)11-5-10-19(20)8-2-3-9-19/h16-17,22H,2-15H2,1H3/t16-,17-,18+,20+,21-/m1/s1. The molecule has 2 spiro atoms. The molecule has 22 heavy (non-hydrogen) atoms. The molecule has 5 saturated carbocycles. The van der Waals surface area contributed by atoms with Gasteiger partial charge in [0.25, 0.3) is 0 Å². The molecule has 5 aliphatic carbocycles. The van der Waals surface area contributed by atoms with Crippen LogP contribution in [0.1, 0.15) is 96.8 Å². The highest BCUT2D eigenvalue weighted by Gasteiger charge is 2.70. The summed E-state index contributed by atoms with van der Waals surface area (Å²) < 4.78 is 0. The maximum absolute atomic E-state index is 11.5. The van der Waals surface area contributed by atoms with Gasteiger partial charge in [0.1, 0.15) is 0 Å². The predicted octanol–water partition coefficient (Wildman–Crippen LogP) is 5.46. The van der Waals surface area contributed by atoms with E-state index in [9.17, 15) is 5.11 Å². The van der Waals surface area contributed by atoms with Gasteiger partial charge in [-0.25, -0.2) is 0 Å². The van der Waals surface area contributed by atoms with Gasteiger partial charge >= 0.3 is 0 Å². The zero-order valence-electron chi connectivity index (χ0n) is 14.5. The van der Waals surface area contributed by atoms with Crippen LogP contribution in [0.4, 0.5) is 0 Å². The zero-order valence-corrected chi connectivity index (χ0v) is 14.5. The van der Waals surface area contributed by atoms with Crippen LogP contribution in [0.25, 0.3) is 0 Å². The SMILES string of the molecule is C[C@@]12CCC[C@@](O)(C1)[C@@H]1C[C@@]3(CCCC34CCCC4)[C@@H]1CC2. The fourth-order valence-electron chi connectivity index (χ4n) is 8.68. The third kappa shape index (κ3) is 1.60. The van der Waals surface area contributed by atoms with Crippen molar-refractivity contribution in [3.8, 4) is 0 Å². The average Bonchev–Trinajstić information content (AvgIpc) is 3.04. The second kappa shape index (κ2) is 4.32. The lowest BCUT2D eigenvalue weighted by Crippen LogP contribution is -2.61. The summed E-state index contributed by atoms with van der Waals surface area (Å²) in [5, 5.41) is 11.5. The maximum atomic E-state index is 11.5. The van der Waals surface area contributed by atoms with E-state index in [1.807, 2.05) is 0 Å². The minimum atomic E-state index is -0.290. The molecule has 1 heteroatoms. The van der Waals surface area contributed by atoms with Crippen molar-refractivity contribution in [3.63, 3.8) is 0 Å². The first-order valence-corrected chi connectivity index (χ1v) is 10.2. The van der Waals surface area contributed by atoms with Crippen LogP contribution in [-0.2, 0) is 0 Å². The molecule has 0 saturated heterocycles. The summed E-state index contributed by atoms with van der Waals surface area (Å²) in [6, 6.07) is 0. The first-order valence-electron chi connectivity index (χ1n) is 10.2. The van der Waals surface area contributed by atoms with Gasteiger partial charge in [-0.3, -0.25) is 0 Å². The molecule has 0 aromatic rings. The molecule has 2 bridgehead atoms. The van der Waals surface area contributed by atoms with Crippen molar-refractivity contribution in [2.75, 3.05) is 0 Å². The van der Waals surface area contributed by atoms with Gasteiger partial charge in [0.2, 0.25) is 0 Å². The van der Waals surface area contributed by atoms with Crippen LogP contribution >= 0.6 is 0 Å². The molecule has 5 fully saturated rings.